The van der Waals surface area contributed by atoms with E-state index in [2.05, 4.69) is 14.3 Å². The molecule has 0 amide bonds. The molecule has 0 saturated carbocycles. The van der Waals surface area contributed by atoms with Gasteiger partial charge in [0.2, 0.25) is 0 Å². The maximum Gasteiger partial charge on any atom is 0.272 e. The number of benzene rings is 2. The second kappa shape index (κ2) is 11.2. The molecule has 3 heterocycles. The third-order valence-electron chi connectivity index (χ3n) is 6.39. The van der Waals surface area contributed by atoms with Gasteiger partial charge in [-0.1, -0.05) is 6.07 Å². The zero-order valence-electron chi connectivity index (χ0n) is 21.5. The molecule has 0 unspecified atom stereocenters. The molecular formula is C26H28F3N3O6S. The summed E-state index contributed by atoms with van der Waals surface area (Å²) in [5.41, 5.74) is 1.69. The minimum atomic E-state index is -2.72. The summed E-state index contributed by atoms with van der Waals surface area (Å²) in [5, 5.41) is 0.386. The Balaban J connectivity index is 1.50. The van der Waals surface area contributed by atoms with Crippen LogP contribution in [0.4, 0.5) is 18.9 Å². The highest BCUT2D eigenvalue weighted by molar-refractivity contribution is 7.92. The van der Waals surface area contributed by atoms with E-state index in [0.717, 1.165) is 0 Å². The van der Waals surface area contributed by atoms with Crippen molar-refractivity contribution in [2.45, 2.75) is 37.3 Å². The molecule has 2 saturated heterocycles. The summed E-state index contributed by atoms with van der Waals surface area (Å²) in [7, 11) is -0.951. The van der Waals surface area contributed by atoms with Gasteiger partial charge >= 0.3 is 0 Å². The van der Waals surface area contributed by atoms with Crippen molar-refractivity contribution >= 4 is 26.3 Å². The Morgan fingerprint density at radius 2 is 1.82 bits per heavy atom. The zero-order chi connectivity index (χ0) is 27.7. The number of halogens is 3. The van der Waals surface area contributed by atoms with Crippen LogP contribution in [0.1, 0.15) is 11.3 Å². The van der Waals surface area contributed by atoms with E-state index < -0.39 is 34.7 Å². The van der Waals surface area contributed by atoms with Crippen LogP contribution in [-0.2, 0) is 30.4 Å². The van der Waals surface area contributed by atoms with Crippen LogP contribution in [0.15, 0.2) is 41.0 Å². The second-order valence-corrected chi connectivity index (χ2v) is 12.1. The molecule has 3 aromatic rings. The molecule has 5 rings (SSSR count). The fourth-order valence-corrected chi connectivity index (χ4v) is 5.38. The summed E-state index contributed by atoms with van der Waals surface area (Å²) in [5.74, 6) is -0.139. The SMILES string of the molecule is CO[C@@H]1CO[C@H]2[C@@H]1OC[C@H]2Oc1cc(F)ccc1Cc1ncnc2cc(N=S(C)(C)=O)cc(OCC(F)F)c12. The van der Waals surface area contributed by atoms with Crippen LogP contribution in [0.3, 0.4) is 0 Å². The molecule has 39 heavy (non-hydrogen) atoms. The molecule has 0 aliphatic carbocycles. The van der Waals surface area contributed by atoms with Crippen molar-refractivity contribution in [3.8, 4) is 11.5 Å². The molecule has 0 N–H and O–H groups in total. The number of rotatable bonds is 9. The molecule has 2 aromatic carbocycles. The summed E-state index contributed by atoms with van der Waals surface area (Å²) >= 11 is 0. The topological polar surface area (TPSA) is 101 Å². The Morgan fingerprint density at radius 1 is 1.08 bits per heavy atom. The molecule has 210 valence electrons. The molecule has 2 aliphatic rings. The van der Waals surface area contributed by atoms with E-state index >= 15 is 0 Å². The smallest absolute Gasteiger partial charge is 0.272 e. The summed E-state index contributed by atoms with van der Waals surface area (Å²) in [6.07, 6.45) is 0.337. The number of ether oxygens (including phenoxy) is 5. The molecule has 1 aromatic heterocycles. The van der Waals surface area contributed by atoms with Gasteiger partial charge in [0, 0.05) is 53.5 Å². The Kier molecular flexibility index (Phi) is 7.94. The van der Waals surface area contributed by atoms with E-state index in [9.17, 15) is 17.4 Å². The van der Waals surface area contributed by atoms with Gasteiger partial charge in [-0.15, -0.1) is 0 Å². The van der Waals surface area contributed by atoms with E-state index in [1.165, 1.54) is 37.0 Å². The van der Waals surface area contributed by atoms with E-state index in [1.807, 2.05) is 0 Å². The van der Waals surface area contributed by atoms with Gasteiger partial charge in [0.1, 0.15) is 48.6 Å². The lowest BCUT2D eigenvalue weighted by atomic mass is 10.0. The van der Waals surface area contributed by atoms with Crippen LogP contribution in [0.5, 0.6) is 11.5 Å². The van der Waals surface area contributed by atoms with Gasteiger partial charge in [-0.05, 0) is 12.1 Å². The molecule has 2 aliphatic heterocycles. The van der Waals surface area contributed by atoms with Crippen molar-refractivity contribution in [1.29, 1.82) is 0 Å². The summed E-state index contributed by atoms with van der Waals surface area (Å²) in [4.78, 5) is 8.65. The highest BCUT2D eigenvalue weighted by Gasteiger charge is 2.49. The summed E-state index contributed by atoms with van der Waals surface area (Å²) in [6.45, 7) is -0.245. The molecule has 0 radical (unpaired) electrons. The van der Waals surface area contributed by atoms with Crippen molar-refractivity contribution in [1.82, 2.24) is 9.97 Å². The van der Waals surface area contributed by atoms with Crippen LogP contribution in [0.25, 0.3) is 10.9 Å². The lowest BCUT2D eigenvalue weighted by Crippen LogP contribution is -2.35. The normalized spacial score (nSPS) is 22.8. The maximum absolute atomic E-state index is 14.3. The van der Waals surface area contributed by atoms with Gasteiger partial charge in [0.15, 0.2) is 6.10 Å². The van der Waals surface area contributed by atoms with Crippen LogP contribution in [0.2, 0.25) is 0 Å². The third-order valence-corrected chi connectivity index (χ3v) is 7.04. The Bertz CT molecular complexity index is 1470. The first-order valence-electron chi connectivity index (χ1n) is 12.2. The Morgan fingerprint density at radius 3 is 2.54 bits per heavy atom. The lowest BCUT2D eigenvalue weighted by molar-refractivity contribution is -0.0139. The fraction of sp³-hybridized carbons (Fsp3) is 0.462. The number of alkyl halides is 2. The average molecular weight is 568 g/mol. The van der Waals surface area contributed by atoms with Crippen molar-refractivity contribution in [2.24, 2.45) is 4.36 Å². The first-order valence-corrected chi connectivity index (χ1v) is 14.5. The molecule has 9 nitrogen and oxygen atoms in total. The van der Waals surface area contributed by atoms with E-state index in [-0.39, 0.29) is 48.5 Å². The van der Waals surface area contributed by atoms with Crippen LogP contribution >= 0.6 is 0 Å². The van der Waals surface area contributed by atoms with Gasteiger partial charge in [-0.2, -0.15) is 4.36 Å². The van der Waals surface area contributed by atoms with Crippen molar-refractivity contribution in [3.05, 3.63) is 53.7 Å². The standard InChI is InChI=1S/C26H28F3N3O6S/c1-34-21-10-36-26-22(11-37-25(21)26)38-19-7-15(27)5-4-14(19)6-17-24-18(31-13-30-17)8-16(32-39(2,3)33)9-20(24)35-12-23(28)29/h4-5,7-9,13,21-23,25-26H,6,10-12H2,1-3H3/t21-,22-,25-,26-/m1/s1. The fourth-order valence-electron chi connectivity index (χ4n) is 4.77. The first-order chi connectivity index (χ1) is 18.6. The minimum absolute atomic E-state index is 0.0763. The molecule has 0 spiro atoms. The Labute approximate surface area is 223 Å². The lowest BCUT2D eigenvalue weighted by Gasteiger charge is -2.20. The number of aromatic nitrogens is 2. The maximum atomic E-state index is 14.3. The van der Waals surface area contributed by atoms with E-state index in [0.29, 0.717) is 28.8 Å². The molecule has 2 fully saturated rings. The second-order valence-electron chi connectivity index (χ2n) is 9.59. The van der Waals surface area contributed by atoms with E-state index in [1.54, 1.807) is 19.2 Å². The Hall–Kier alpha value is -3.00. The summed E-state index contributed by atoms with van der Waals surface area (Å²) < 4.78 is 85.5. The number of hydrogen-bond acceptors (Lipinski definition) is 9. The molecule has 0 bridgehead atoms. The van der Waals surface area contributed by atoms with E-state index in [4.69, 9.17) is 23.7 Å². The molecular weight excluding hydrogens is 539 g/mol. The van der Waals surface area contributed by atoms with Gasteiger partial charge in [-0.25, -0.2) is 27.3 Å². The first kappa shape index (κ1) is 27.6. The van der Waals surface area contributed by atoms with Gasteiger partial charge in [-0.3, -0.25) is 0 Å². The molecule has 4 atom stereocenters. The monoisotopic (exact) mass is 567 g/mol. The number of hydrogen-bond donors (Lipinski definition) is 0. The van der Waals surface area contributed by atoms with Gasteiger partial charge in [0.25, 0.3) is 6.43 Å². The number of methoxy groups -OCH3 is 1. The highest BCUT2D eigenvalue weighted by atomic mass is 32.2. The minimum Gasteiger partial charge on any atom is -0.487 e. The van der Waals surface area contributed by atoms with Gasteiger partial charge < -0.3 is 23.7 Å². The highest BCUT2D eigenvalue weighted by Crippen LogP contribution is 2.36. The number of fused-ring (bicyclic) bond motifs is 2. The van der Waals surface area contributed by atoms with Crippen LogP contribution in [-0.4, -0.2) is 84.5 Å². The van der Waals surface area contributed by atoms with Crippen LogP contribution in [0, 0.1) is 5.82 Å². The van der Waals surface area contributed by atoms with Gasteiger partial charge in [0.05, 0.1) is 35.5 Å². The summed E-state index contributed by atoms with van der Waals surface area (Å²) in [6, 6.07) is 7.18. The number of nitrogens with zero attached hydrogens (tertiary/aromatic N) is 3. The average Bonchev–Trinajstić information content (AvgIpc) is 3.45. The zero-order valence-corrected chi connectivity index (χ0v) is 22.3. The van der Waals surface area contributed by atoms with Crippen molar-refractivity contribution in [3.63, 3.8) is 0 Å². The largest absolute Gasteiger partial charge is 0.487 e. The predicted molar refractivity (Wildman–Crippen MR) is 137 cm³/mol. The third kappa shape index (κ3) is 6.26. The van der Waals surface area contributed by atoms with Crippen molar-refractivity contribution in [2.75, 3.05) is 39.4 Å². The van der Waals surface area contributed by atoms with Crippen molar-refractivity contribution < 1.29 is 41.1 Å². The van der Waals surface area contributed by atoms with Crippen LogP contribution < -0.4 is 9.47 Å². The molecule has 13 heteroatoms. The quantitative estimate of drug-likeness (QED) is 0.384. The predicted octanol–water partition coefficient (Wildman–Crippen LogP) is 3.92.